The predicted molar refractivity (Wildman–Crippen MR) is 84.8 cm³/mol. The van der Waals surface area contributed by atoms with Crippen molar-refractivity contribution in [1.82, 2.24) is 15.1 Å². The standard InChI is InChI=1S/C17H31N3/c1-6-10-18-17(15-9-7-8-12(2)11-15)16-13(3)19-20(5)14(16)4/h12,15,17-18H,6-11H2,1-5H3. The summed E-state index contributed by atoms with van der Waals surface area (Å²) >= 11 is 0. The minimum Gasteiger partial charge on any atom is -0.310 e. The molecule has 3 heteroatoms. The third-order valence-electron chi connectivity index (χ3n) is 4.94. The monoisotopic (exact) mass is 277 g/mol. The van der Waals surface area contributed by atoms with Gasteiger partial charge in [0.05, 0.1) is 5.69 Å². The van der Waals surface area contributed by atoms with E-state index in [1.165, 1.54) is 49.1 Å². The first-order valence-corrected chi connectivity index (χ1v) is 8.28. The molecule has 20 heavy (non-hydrogen) atoms. The Morgan fingerprint density at radius 1 is 1.35 bits per heavy atom. The maximum absolute atomic E-state index is 4.63. The van der Waals surface area contributed by atoms with E-state index in [9.17, 15) is 0 Å². The van der Waals surface area contributed by atoms with Crippen LogP contribution in [-0.2, 0) is 7.05 Å². The summed E-state index contributed by atoms with van der Waals surface area (Å²) in [6.45, 7) is 10.1. The molecule has 1 aromatic rings. The van der Waals surface area contributed by atoms with E-state index < -0.39 is 0 Å². The number of aryl methyl sites for hydroxylation is 2. The lowest BCUT2D eigenvalue weighted by Gasteiger charge is -2.34. The number of aromatic nitrogens is 2. The second kappa shape index (κ2) is 6.75. The van der Waals surface area contributed by atoms with Crippen LogP contribution in [0.25, 0.3) is 0 Å². The average Bonchev–Trinajstić information content (AvgIpc) is 2.66. The molecule has 1 aliphatic carbocycles. The smallest absolute Gasteiger partial charge is 0.0644 e. The van der Waals surface area contributed by atoms with Crippen molar-refractivity contribution in [1.29, 1.82) is 0 Å². The molecule has 0 saturated heterocycles. The van der Waals surface area contributed by atoms with Crippen molar-refractivity contribution in [3.8, 4) is 0 Å². The van der Waals surface area contributed by atoms with Crippen molar-refractivity contribution in [3.63, 3.8) is 0 Å². The topological polar surface area (TPSA) is 29.9 Å². The Morgan fingerprint density at radius 2 is 2.10 bits per heavy atom. The summed E-state index contributed by atoms with van der Waals surface area (Å²) in [5, 5.41) is 8.45. The average molecular weight is 277 g/mol. The summed E-state index contributed by atoms with van der Waals surface area (Å²) < 4.78 is 2.04. The molecule has 3 nitrogen and oxygen atoms in total. The van der Waals surface area contributed by atoms with Gasteiger partial charge in [-0.3, -0.25) is 4.68 Å². The Bertz CT molecular complexity index is 436. The summed E-state index contributed by atoms with van der Waals surface area (Å²) in [6.07, 6.45) is 6.70. The predicted octanol–water partition coefficient (Wildman–Crippen LogP) is 3.90. The van der Waals surface area contributed by atoms with Gasteiger partial charge in [-0.15, -0.1) is 0 Å². The fourth-order valence-corrected chi connectivity index (χ4v) is 3.83. The van der Waals surface area contributed by atoms with Crippen LogP contribution in [0, 0.1) is 25.7 Å². The van der Waals surface area contributed by atoms with Crippen molar-refractivity contribution in [2.45, 2.75) is 65.8 Å². The van der Waals surface area contributed by atoms with Gasteiger partial charge in [0.25, 0.3) is 0 Å². The third-order valence-corrected chi connectivity index (χ3v) is 4.94. The Balaban J connectivity index is 2.26. The van der Waals surface area contributed by atoms with Crippen LogP contribution in [0.3, 0.4) is 0 Å². The molecule has 1 aromatic heterocycles. The molecule has 0 amide bonds. The van der Waals surface area contributed by atoms with Crippen molar-refractivity contribution in [3.05, 3.63) is 17.0 Å². The van der Waals surface area contributed by atoms with E-state index in [0.717, 1.165) is 18.4 Å². The summed E-state index contributed by atoms with van der Waals surface area (Å²) in [7, 11) is 2.06. The highest BCUT2D eigenvalue weighted by Gasteiger charge is 2.30. The molecule has 3 atom stereocenters. The van der Waals surface area contributed by atoms with Gasteiger partial charge in [0.2, 0.25) is 0 Å². The Morgan fingerprint density at radius 3 is 2.65 bits per heavy atom. The Hall–Kier alpha value is -0.830. The fourth-order valence-electron chi connectivity index (χ4n) is 3.83. The van der Waals surface area contributed by atoms with Gasteiger partial charge in [-0.25, -0.2) is 0 Å². The number of nitrogens with zero attached hydrogens (tertiary/aromatic N) is 2. The van der Waals surface area contributed by atoms with Gasteiger partial charge >= 0.3 is 0 Å². The lowest BCUT2D eigenvalue weighted by atomic mass is 9.76. The third kappa shape index (κ3) is 3.25. The van der Waals surface area contributed by atoms with Gasteiger partial charge in [0, 0.05) is 24.3 Å². The molecule has 1 heterocycles. The van der Waals surface area contributed by atoms with Gasteiger partial charge in [-0.2, -0.15) is 5.10 Å². The van der Waals surface area contributed by atoms with E-state index in [-0.39, 0.29) is 0 Å². The van der Waals surface area contributed by atoms with Gasteiger partial charge in [-0.05, 0) is 51.5 Å². The Labute approximate surface area is 124 Å². The van der Waals surface area contributed by atoms with Crippen molar-refractivity contribution in [2.24, 2.45) is 18.9 Å². The van der Waals surface area contributed by atoms with Crippen LogP contribution in [0.1, 0.15) is 68.9 Å². The molecule has 0 spiro atoms. The normalized spacial score (nSPS) is 24.9. The van der Waals surface area contributed by atoms with Gasteiger partial charge < -0.3 is 5.32 Å². The van der Waals surface area contributed by atoms with Crippen molar-refractivity contribution >= 4 is 0 Å². The number of rotatable bonds is 5. The molecular formula is C17H31N3. The van der Waals surface area contributed by atoms with E-state index in [1.54, 1.807) is 0 Å². The van der Waals surface area contributed by atoms with E-state index >= 15 is 0 Å². The highest BCUT2D eigenvalue weighted by molar-refractivity contribution is 5.29. The highest BCUT2D eigenvalue weighted by atomic mass is 15.3. The fraction of sp³-hybridized carbons (Fsp3) is 0.824. The first-order chi connectivity index (χ1) is 9.54. The minimum absolute atomic E-state index is 0.492. The zero-order valence-electron chi connectivity index (χ0n) is 13.9. The SMILES string of the molecule is CCCNC(c1c(C)nn(C)c1C)C1CCCC(C)C1. The first-order valence-electron chi connectivity index (χ1n) is 8.28. The zero-order chi connectivity index (χ0) is 14.7. The maximum atomic E-state index is 4.63. The molecule has 2 rings (SSSR count). The molecule has 0 radical (unpaired) electrons. The van der Waals surface area contributed by atoms with E-state index in [4.69, 9.17) is 0 Å². The summed E-state index contributed by atoms with van der Waals surface area (Å²) in [6, 6.07) is 0.492. The molecule has 114 valence electrons. The van der Waals surface area contributed by atoms with E-state index in [2.05, 4.69) is 45.2 Å². The molecule has 1 fully saturated rings. The molecule has 0 aliphatic heterocycles. The largest absolute Gasteiger partial charge is 0.310 e. The van der Waals surface area contributed by atoms with Crippen LogP contribution < -0.4 is 5.32 Å². The number of hydrogen-bond donors (Lipinski definition) is 1. The second-order valence-corrected chi connectivity index (χ2v) is 6.67. The van der Waals surface area contributed by atoms with Crippen LogP contribution in [0.2, 0.25) is 0 Å². The number of hydrogen-bond acceptors (Lipinski definition) is 2. The summed E-state index contributed by atoms with van der Waals surface area (Å²) in [4.78, 5) is 0. The lowest BCUT2D eigenvalue weighted by molar-refractivity contribution is 0.223. The van der Waals surface area contributed by atoms with Crippen molar-refractivity contribution in [2.75, 3.05) is 6.54 Å². The first kappa shape index (κ1) is 15.6. The minimum atomic E-state index is 0.492. The van der Waals surface area contributed by atoms with Gasteiger partial charge in [-0.1, -0.05) is 26.7 Å². The van der Waals surface area contributed by atoms with Gasteiger partial charge in [0.15, 0.2) is 0 Å². The van der Waals surface area contributed by atoms with Crippen LogP contribution >= 0.6 is 0 Å². The van der Waals surface area contributed by atoms with E-state index in [1.807, 2.05) is 4.68 Å². The van der Waals surface area contributed by atoms with Crippen molar-refractivity contribution < 1.29 is 0 Å². The summed E-state index contributed by atoms with van der Waals surface area (Å²) in [5.41, 5.74) is 3.99. The molecule has 1 aliphatic rings. The van der Waals surface area contributed by atoms with Crippen LogP contribution in [-0.4, -0.2) is 16.3 Å². The summed E-state index contributed by atoms with van der Waals surface area (Å²) in [5.74, 6) is 1.64. The van der Waals surface area contributed by atoms with Crippen LogP contribution in [0.4, 0.5) is 0 Å². The highest BCUT2D eigenvalue weighted by Crippen LogP contribution is 2.38. The Kier molecular flexibility index (Phi) is 5.25. The van der Waals surface area contributed by atoms with Gasteiger partial charge in [0.1, 0.15) is 0 Å². The van der Waals surface area contributed by atoms with E-state index in [0.29, 0.717) is 6.04 Å². The quantitative estimate of drug-likeness (QED) is 0.884. The second-order valence-electron chi connectivity index (χ2n) is 6.67. The molecule has 0 aromatic carbocycles. The molecular weight excluding hydrogens is 246 g/mol. The molecule has 0 bridgehead atoms. The lowest BCUT2D eigenvalue weighted by Crippen LogP contribution is -2.32. The number of nitrogens with one attached hydrogen (secondary N) is 1. The maximum Gasteiger partial charge on any atom is 0.0644 e. The molecule has 1 saturated carbocycles. The molecule has 1 N–H and O–H groups in total. The zero-order valence-corrected chi connectivity index (χ0v) is 13.9. The van der Waals surface area contributed by atoms with Crippen LogP contribution in [0.5, 0.6) is 0 Å². The van der Waals surface area contributed by atoms with Crippen LogP contribution in [0.15, 0.2) is 0 Å². The molecule has 3 unspecified atom stereocenters.